The first-order chi connectivity index (χ1) is 9.74. The number of piperidine rings is 1. The Morgan fingerprint density at radius 1 is 1.30 bits per heavy atom. The molecular weight excluding hydrogens is 270 g/mol. The minimum absolute atomic E-state index is 0.565. The van der Waals surface area contributed by atoms with Gasteiger partial charge in [-0.1, -0.05) is 17.7 Å². The van der Waals surface area contributed by atoms with Crippen molar-refractivity contribution in [1.29, 1.82) is 0 Å². The summed E-state index contributed by atoms with van der Waals surface area (Å²) in [5.41, 5.74) is 2.21. The van der Waals surface area contributed by atoms with Crippen molar-refractivity contribution in [2.24, 2.45) is 0 Å². The van der Waals surface area contributed by atoms with E-state index in [4.69, 9.17) is 16.6 Å². The highest BCUT2D eigenvalue weighted by molar-refractivity contribution is 6.35. The maximum Gasteiger partial charge on any atom is 0.113 e. The smallest absolute Gasteiger partial charge is 0.113 e. The van der Waals surface area contributed by atoms with Gasteiger partial charge in [0.15, 0.2) is 0 Å². The number of halogens is 1. The Morgan fingerprint density at radius 2 is 2.15 bits per heavy atom. The molecule has 4 rings (SSSR count). The standard InChI is InChI=1S/C16H20ClN3/c1-10-9-11(7-8-18-10)16-19-14-4-2-3-13(17)15(14)20(16)12-5-6-12/h2-4,10-12,18H,5-9H2,1H3. The molecule has 2 heterocycles. The molecular formula is C16H20ClN3. The van der Waals surface area contributed by atoms with Crippen LogP contribution >= 0.6 is 11.6 Å². The number of fused-ring (bicyclic) bond motifs is 1. The van der Waals surface area contributed by atoms with Crippen LogP contribution < -0.4 is 5.32 Å². The van der Waals surface area contributed by atoms with Crippen molar-refractivity contribution >= 4 is 22.6 Å². The van der Waals surface area contributed by atoms with E-state index < -0.39 is 0 Å². The van der Waals surface area contributed by atoms with Gasteiger partial charge in [-0.2, -0.15) is 0 Å². The van der Waals surface area contributed by atoms with Crippen LogP contribution in [0.1, 0.15) is 50.4 Å². The van der Waals surface area contributed by atoms with Crippen LogP contribution in [0.4, 0.5) is 0 Å². The van der Waals surface area contributed by atoms with Gasteiger partial charge in [-0.15, -0.1) is 0 Å². The van der Waals surface area contributed by atoms with Crippen molar-refractivity contribution in [2.45, 2.75) is 50.6 Å². The fourth-order valence-corrected chi connectivity index (χ4v) is 3.74. The van der Waals surface area contributed by atoms with Gasteiger partial charge in [0.05, 0.1) is 16.1 Å². The molecule has 2 fully saturated rings. The van der Waals surface area contributed by atoms with E-state index in [0.717, 1.165) is 22.6 Å². The first-order valence-electron chi connectivity index (χ1n) is 7.64. The zero-order valence-electron chi connectivity index (χ0n) is 11.8. The summed E-state index contributed by atoms with van der Waals surface area (Å²) in [6.45, 7) is 3.36. The fraction of sp³-hybridized carbons (Fsp3) is 0.562. The Labute approximate surface area is 124 Å². The number of nitrogens with one attached hydrogen (secondary N) is 1. The van der Waals surface area contributed by atoms with Gasteiger partial charge in [0.1, 0.15) is 5.82 Å². The predicted molar refractivity (Wildman–Crippen MR) is 82.5 cm³/mol. The Hall–Kier alpha value is -1.06. The van der Waals surface area contributed by atoms with Gasteiger partial charge in [-0.05, 0) is 51.3 Å². The maximum atomic E-state index is 6.44. The highest BCUT2D eigenvalue weighted by atomic mass is 35.5. The summed E-state index contributed by atoms with van der Waals surface area (Å²) >= 11 is 6.44. The lowest BCUT2D eigenvalue weighted by molar-refractivity contribution is 0.364. The first-order valence-corrected chi connectivity index (χ1v) is 8.01. The van der Waals surface area contributed by atoms with Crippen molar-refractivity contribution in [3.8, 4) is 0 Å². The van der Waals surface area contributed by atoms with E-state index in [1.807, 2.05) is 12.1 Å². The Morgan fingerprint density at radius 3 is 2.90 bits per heavy atom. The SMILES string of the molecule is CC1CC(c2nc3cccc(Cl)c3n2C2CC2)CCN1. The molecule has 0 amide bonds. The van der Waals surface area contributed by atoms with Crippen molar-refractivity contribution < 1.29 is 0 Å². The van der Waals surface area contributed by atoms with Crippen LogP contribution in [0, 0.1) is 0 Å². The second-order valence-electron chi connectivity index (χ2n) is 6.26. The summed E-state index contributed by atoms with van der Waals surface area (Å²) in [4.78, 5) is 4.94. The van der Waals surface area contributed by atoms with Crippen molar-refractivity contribution in [3.63, 3.8) is 0 Å². The summed E-state index contributed by atoms with van der Waals surface area (Å²) in [6, 6.07) is 7.29. The molecule has 1 saturated carbocycles. The van der Waals surface area contributed by atoms with Gasteiger partial charge in [-0.3, -0.25) is 0 Å². The number of para-hydroxylation sites is 1. The van der Waals surface area contributed by atoms with Crippen LogP contribution in [0.25, 0.3) is 11.0 Å². The van der Waals surface area contributed by atoms with E-state index in [9.17, 15) is 0 Å². The van der Waals surface area contributed by atoms with E-state index in [2.05, 4.69) is 22.9 Å². The number of benzene rings is 1. The number of hydrogen-bond acceptors (Lipinski definition) is 2. The molecule has 106 valence electrons. The Bertz CT molecular complexity index is 644. The normalized spacial score (nSPS) is 27.1. The van der Waals surface area contributed by atoms with Gasteiger partial charge in [-0.25, -0.2) is 4.98 Å². The van der Waals surface area contributed by atoms with E-state index in [0.29, 0.717) is 18.0 Å². The molecule has 2 aromatic rings. The van der Waals surface area contributed by atoms with Crippen LogP contribution in [0.15, 0.2) is 18.2 Å². The molecule has 2 atom stereocenters. The highest BCUT2D eigenvalue weighted by Crippen LogP contribution is 2.43. The largest absolute Gasteiger partial charge is 0.323 e. The van der Waals surface area contributed by atoms with Crippen LogP contribution in [-0.2, 0) is 0 Å². The summed E-state index contributed by atoms with van der Waals surface area (Å²) in [5, 5.41) is 4.37. The van der Waals surface area contributed by atoms with Crippen LogP contribution in [0.3, 0.4) is 0 Å². The molecule has 1 aromatic carbocycles. The average Bonchev–Trinajstić information content (AvgIpc) is 3.19. The second kappa shape index (κ2) is 4.74. The summed E-state index contributed by atoms with van der Waals surface area (Å²) in [5.74, 6) is 1.83. The molecule has 0 spiro atoms. The monoisotopic (exact) mass is 289 g/mol. The lowest BCUT2D eigenvalue weighted by Crippen LogP contribution is -2.35. The average molecular weight is 290 g/mol. The molecule has 1 N–H and O–H groups in total. The first kappa shape index (κ1) is 12.7. The fourth-order valence-electron chi connectivity index (χ4n) is 3.48. The van der Waals surface area contributed by atoms with Crippen LogP contribution in [-0.4, -0.2) is 22.1 Å². The van der Waals surface area contributed by atoms with E-state index in [-0.39, 0.29) is 0 Å². The second-order valence-corrected chi connectivity index (χ2v) is 6.66. The molecule has 2 aliphatic rings. The lowest BCUT2D eigenvalue weighted by Gasteiger charge is -2.28. The third-order valence-corrected chi connectivity index (χ3v) is 4.89. The van der Waals surface area contributed by atoms with Crippen LogP contribution in [0.2, 0.25) is 5.02 Å². The Balaban J connectivity index is 1.86. The quantitative estimate of drug-likeness (QED) is 0.909. The minimum Gasteiger partial charge on any atom is -0.323 e. The summed E-state index contributed by atoms with van der Waals surface area (Å²) < 4.78 is 2.44. The zero-order valence-corrected chi connectivity index (χ0v) is 12.5. The Kier molecular flexibility index (Phi) is 3.00. The molecule has 1 saturated heterocycles. The highest BCUT2D eigenvalue weighted by Gasteiger charge is 2.33. The topological polar surface area (TPSA) is 29.9 Å². The molecule has 2 unspecified atom stereocenters. The predicted octanol–water partition coefficient (Wildman–Crippen LogP) is 3.88. The lowest BCUT2D eigenvalue weighted by atomic mass is 9.92. The molecule has 1 aliphatic heterocycles. The number of nitrogens with zero attached hydrogens (tertiary/aromatic N) is 2. The molecule has 1 aliphatic carbocycles. The number of hydrogen-bond donors (Lipinski definition) is 1. The van der Waals surface area contributed by atoms with Gasteiger partial charge < -0.3 is 9.88 Å². The van der Waals surface area contributed by atoms with Crippen molar-refractivity contribution in [3.05, 3.63) is 29.0 Å². The molecule has 0 radical (unpaired) electrons. The zero-order chi connectivity index (χ0) is 13.7. The van der Waals surface area contributed by atoms with Crippen molar-refractivity contribution in [1.82, 2.24) is 14.9 Å². The maximum absolute atomic E-state index is 6.44. The molecule has 3 nitrogen and oxygen atoms in total. The third-order valence-electron chi connectivity index (χ3n) is 4.59. The van der Waals surface area contributed by atoms with E-state index in [1.165, 1.54) is 31.5 Å². The molecule has 20 heavy (non-hydrogen) atoms. The van der Waals surface area contributed by atoms with E-state index >= 15 is 0 Å². The van der Waals surface area contributed by atoms with Crippen molar-refractivity contribution in [2.75, 3.05) is 6.54 Å². The van der Waals surface area contributed by atoms with Gasteiger partial charge in [0, 0.05) is 18.0 Å². The number of aromatic nitrogens is 2. The molecule has 4 heteroatoms. The summed E-state index contributed by atoms with van der Waals surface area (Å²) in [6.07, 6.45) is 4.89. The molecule has 0 bridgehead atoms. The third kappa shape index (κ3) is 2.04. The minimum atomic E-state index is 0.565. The number of rotatable bonds is 2. The van der Waals surface area contributed by atoms with E-state index in [1.54, 1.807) is 0 Å². The molecule has 1 aromatic heterocycles. The van der Waals surface area contributed by atoms with Crippen LogP contribution in [0.5, 0.6) is 0 Å². The number of imidazole rings is 1. The van der Waals surface area contributed by atoms with Gasteiger partial charge >= 0.3 is 0 Å². The van der Waals surface area contributed by atoms with Gasteiger partial charge in [0.25, 0.3) is 0 Å². The van der Waals surface area contributed by atoms with Gasteiger partial charge in [0.2, 0.25) is 0 Å². The summed E-state index contributed by atoms with van der Waals surface area (Å²) in [7, 11) is 0.